The van der Waals surface area contributed by atoms with E-state index in [1.54, 1.807) is 0 Å². The van der Waals surface area contributed by atoms with Gasteiger partial charge in [0.1, 0.15) is 11.2 Å². The highest BCUT2D eigenvalue weighted by Crippen LogP contribution is 2.55. The third kappa shape index (κ3) is 5.51. The van der Waals surface area contributed by atoms with E-state index in [0.29, 0.717) is 5.82 Å². The average molecular weight is 779 g/mol. The van der Waals surface area contributed by atoms with Crippen LogP contribution in [0.25, 0.3) is 100.0 Å². The second kappa shape index (κ2) is 13.9. The molecule has 0 fully saturated rings. The Bertz CT molecular complexity index is 3480. The van der Waals surface area contributed by atoms with Gasteiger partial charge in [-0.25, -0.2) is 9.97 Å². The molecule has 9 aromatic carbocycles. The van der Waals surface area contributed by atoms with Crippen LogP contribution >= 0.6 is 0 Å². The molecule has 0 amide bonds. The van der Waals surface area contributed by atoms with Gasteiger partial charge in [-0.15, -0.1) is 0 Å². The van der Waals surface area contributed by atoms with E-state index in [4.69, 9.17) is 14.4 Å². The lowest BCUT2D eigenvalue weighted by atomic mass is 9.74. The van der Waals surface area contributed by atoms with Gasteiger partial charge in [0, 0.05) is 43.8 Å². The molecule has 12 rings (SSSR count). The highest BCUT2D eigenvalue weighted by atomic mass is 16.3. The van der Waals surface area contributed by atoms with Gasteiger partial charge < -0.3 is 4.42 Å². The Kier molecular flexibility index (Phi) is 7.98. The second-order valence-electron chi connectivity index (χ2n) is 16.2. The maximum absolute atomic E-state index is 6.94. The van der Waals surface area contributed by atoms with E-state index in [0.717, 1.165) is 83.0 Å². The van der Waals surface area contributed by atoms with Gasteiger partial charge in [-0.1, -0.05) is 188 Å². The highest BCUT2D eigenvalue weighted by Gasteiger charge is 2.41. The van der Waals surface area contributed by atoms with Gasteiger partial charge in [0.25, 0.3) is 0 Å². The minimum atomic E-state index is -0.319. The molecule has 3 heteroatoms. The van der Waals surface area contributed by atoms with E-state index < -0.39 is 0 Å². The van der Waals surface area contributed by atoms with Crippen LogP contribution in [0.4, 0.5) is 0 Å². The lowest BCUT2D eigenvalue weighted by Gasteiger charge is -2.28. The maximum Gasteiger partial charge on any atom is 0.160 e. The van der Waals surface area contributed by atoms with Gasteiger partial charge in [-0.2, -0.15) is 0 Å². The third-order valence-electron chi connectivity index (χ3n) is 12.8. The van der Waals surface area contributed by atoms with Crippen molar-refractivity contribution in [2.24, 2.45) is 0 Å². The van der Waals surface area contributed by atoms with E-state index >= 15 is 0 Å². The van der Waals surface area contributed by atoms with Crippen LogP contribution in [0.5, 0.6) is 0 Å². The van der Waals surface area contributed by atoms with Crippen molar-refractivity contribution < 1.29 is 4.42 Å². The molecular formula is C58H38N2O. The van der Waals surface area contributed by atoms with E-state index in [1.165, 1.54) is 27.8 Å². The molecule has 286 valence electrons. The lowest BCUT2D eigenvalue weighted by Crippen LogP contribution is -2.22. The summed E-state index contributed by atoms with van der Waals surface area (Å²) >= 11 is 0. The second-order valence-corrected chi connectivity index (χ2v) is 16.2. The Morgan fingerprint density at radius 1 is 0.393 bits per heavy atom. The van der Waals surface area contributed by atoms with Crippen molar-refractivity contribution in [3.63, 3.8) is 0 Å². The van der Waals surface area contributed by atoms with Crippen molar-refractivity contribution in [1.82, 2.24) is 9.97 Å². The van der Waals surface area contributed by atoms with Crippen molar-refractivity contribution in [1.29, 1.82) is 0 Å². The first-order valence-electron chi connectivity index (χ1n) is 20.9. The van der Waals surface area contributed by atoms with Crippen LogP contribution in [0.1, 0.15) is 23.6 Å². The van der Waals surface area contributed by atoms with Gasteiger partial charge in [0.05, 0.1) is 11.4 Å². The SMILES string of the molecule is CC1(c2ccccc2)c2ccccc2-c2c(-c3cc(-c4cccc(-c5ccc(-c6ccccc6)c6oc7c8ccccc8ccc7c56)c4)nc(-c4ccccc4)n3)cccc21. The standard InChI is InChI=1S/C58H38N2O/c1-58(42-24-9-4-10-25-42)49-29-14-13-27-46(49)53-47(28-16-30-50(53)58)52-36-51(59-57(60-52)39-20-7-3-8-21-39)41-23-15-22-40(35-41)43-33-34-45(37-17-5-2-6-18-37)56-54(43)48-32-31-38-19-11-12-26-44(38)55(48)61-56/h2-36H,1H3. The fraction of sp³-hybridized carbons (Fsp3) is 0.0345. The third-order valence-corrected chi connectivity index (χ3v) is 12.8. The van der Waals surface area contributed by atoms with E-state index in [1.807, 2.05) is 6.07 Å². The quantitative estimate of drug-likeness (QED) is 0.169. The zero-order chi connectivity index (χ0) is 40.5. The van der Waals surface area contributed by atoms with Crippen LogP contribution in [0, 0.1) is 0 Å². The summed E-state index contributed by atoms with van der Waals surface area (Å²) in [5.74, 6) is 0.690. The Morgan fingerprint density at radius 3 is 1.85 bits per heavy atom. The maximum atomic E-state index is 6.94. The van der Waals surface area contributed by atoms with Crippen LogP contribution in [-0.4, -0.2) is 9.97 Å². The zero-order valence-electron chi connectivity index (χ0n) is 33.5. The minimum Gasteiger partial charge on any atom is -0.455 e. The Labute approximate surface area is 354 Å². The van der Waals surface area contributed by atoms with Gasteiger partial charge >= 0.3 is 0 Å². The predicted molar refractivity (Wildman–Crippen MR) is 251 cm³/mol. The largest absolute Gasteiger partial charge is 0.455 e. The van der Waals surface area contributed by atoms with E-state index in [9.17, 15) is 0 Å². The molecule has 0 saturated heterocycles. The van der Waals surface area contributed by atoms with Crippen molar-refractivity contribution in [2.45, 2.75) is 12.3 Å². The number of hydrogen-bond acceptors (Lipinski definition) is 3. The molecule has 0 bridgehead atoms. The first kappa shape index (κ1) is 35.1. The van der Waals surface area contributed by atoms with Crippen LogP contribution < -0.4 is 0 Å². The number of benzene rings is 9. The zero-order valence-corrected chi connectivity index (χ0v) is 33.5. The summed E-state index contributed by atoms with van der Waals surface area (Å²) in [5.41, 5.74) is 17.0. The first-order valence-corrected chi connectivity index (χ1v) is 20.9. The number of nitrogens with zero attached hydrogens (tertiary/aromatic N) is 2. The summed E-state index contributed by atoms with van der Waals surface area (Å²) in [5, 5.41) is 4.47. The molecule has 0 saturated carbocycles. The van der Waals surface area contributed by atoms with Gasteiger partial charge in [-0.05, 0) is 81.1 Å². The molecular weight excluding hydrogens is 741 g/mol. The number of furan rings is 1. The molecule has 0 radical (unpaired) electrons. The van der Waals surface area contributed by atoms with Crippen LogP contribution in [0.3, 0.4) is 0 Å². The Hall–Kier alpha value is -7.88. The number of hydrogen-bond donors (Lipinski definition) is 0. The summed E-state index contributed by atoms with van der Waals surface area (Å²) < 4.78 is 6.94. The molecule has 0 spiro atoms. The van der Waals surface area contributed by atoms with Crippen molar-refractivity contribution >= 4 is 32.7 Å². The normalized spacial score (nSPS) is 14.4. The molecule has 61 heavy (non-hydrogen) atoms. The highest BCUT2D eigenvalue weighted by molar-refractivity contribution is 6.21. The Morgan fingerprint density at radius 2 is 1.02 bits per heavy atom. The molecule has 1 aliphatic carbocycles. The molecule has 2 aromatic heterocycles. The number of fused-ring (bicyclic) bond motifs is 8. The average Bonchev–Trinajstić information content (AvgIpc) is 3.86. The smallest absolute Gasteiger partial charge is 0.160 e. The topological polar surface area (TPSA) is 38.9 Å². The van der Waals surface area contributed by atoms with Crippen LogP contribution in [0.2, 0.25) is 0 Å². The molecule has 1 aliphatic rings. The molecule has 2 heterocycles. The summed E-state index contributed by atoms with van der Waals surface area (Å²) in [4.78, 5) is 10.7. The molecule has 1 atom stereocenters. The fourth-order valence-corrected chi connectivity index (χ4v) is 9.83. The fourth-order valence-electron chi connectivity index (χ4n) is 9.83. The first-order chi connectivity index (χ1) is 30.1. The monoisotopic (exact) mass is 778 g/mol. The van der Waals surface area contributed by atoms with Crippen molar-refractivity contribution in [3.8, 4) is 67.3 Å². The van der Waals surface area contributed by atoms with E-state index in [2.05, 4.69) is 213 Å². The summed E-state index contributed by atoms with van der Waals surface area (Å²) in [7, 11) is 0. The molecule has 1 unspecified atom stereocenters. The molecule has 11 aromatic rings. The summed E-state index contributed by atoms with van der Waals surface area (Å²) in [6.07, 6.45) is 0. The Balaban J connectivity index is 1.07. The number of aromatic nitrogens is 2. The number of rotatable bonds is 6. The van der Waals surface area contributed by atoms with Gasteiger partial charge in [0.15, 0.2) is 5.82 Å². The minimum absolute atomic E-state index is 0.319. The molecule has 0 N–H and O–H groups in total. The van der Waals surface area contributed by atoms with Crippen molar-refractivity contribution in [2.75, 3.05) is 0 Å². The van der Waals surface area contributed by atoms with E-state index in [-0.39, 0.29) is 5.41 Å². The van der Waals surface area contributed by atoms with Gasteiger partial charge in [0.2, 0.25) is 0 Å². The summed E-state index contributed by atoms with van der Waals surface area (Å²) in [6, 6.07) is 75.6. The van der Waals surface area contributed by atoms with Crippen molar-refractivity contribution in [3.05, 3.63) is 229 Å². The molecule has 3 nitrogen and oxygen atoms in total. The summed E-state index contributed by atoms with van der Waals surface area (Å²) in [6.45, 7) is 2.36. The van der Waals surface area contributed by atoms with Gasteiger partial charge in [-0.3, -0.25) is 0 Å². The molecule has 0 aliphatic heterocycles. The van der Waals surface area contributed by atoms with Crippen LogP contribution in [0.15, 0.2) is 217 Å². The lowest BCUT2D eigenvalue weighted by molar-refractivity contribution is 0.674. The van der Waals surface area contributed by atoms with Crippen LogP contribution in [-0.2, 0) is 5.41 Å². The predicted octanol–water partition coefficient (Wildman–Crippen LogP) is 15.2.